The maximum absolute atomic E-state index is 12.2. The van der Waals surface area contributed by atoms with E-state index in [0.717, 1.165) is 12.8 Å². The van der Waals surface area contributed by atoms with Gasteiger partial charge in [0, 0.05) is 37.8 Å². The van der Waals surface area contributed by atoms with E-state index >= 15 is 0 Å². The van der Waals surface area contributed by atoms with Crippen LogP contribution in [0.15, 0.2) is 18.3 Å². The Hall–Kier alpha value is -1.62. The number of likely N-dealkylation sites (tertiary alicyclic amines) is 1. The molecule has 1 aliphatic heterocycles. The van der Waals surface area contributed by atoms with Crippen LogP contribution in [0.2, 0.25) is 5.15 Å². The van der Waals surface area contributed by atoms with Crippen molar-refractivity contribution < 1.29 is 9.59 Å². The van der Waals surface area contributed by atoms with Crippen LogP contribution in [-0.2, 0) is 4.79 Å². The lowest BCUT2D eigenvalue weighted by Crippen LogP contribution is -2.46. The zero-order valence-electron chi connectivity index (χ0n) is 10.7. The molecule has 0 atom stereocenters. The van der Waals surface area contributed by atoms with Gasteiger partial charge in [0.25, 0.3) is 5.91 Å². The van der Waals surface area contributed by atoms with Gasteiger partial charge in [-0.3, -0.25) is 9.59 Å². The number of pyridine rings is 1. The minimum absolute atomic E-state index is 0.0225. The lowest BCUT2D eigenvalue weighted by molar-refractivity contribution is -0.119. The van der Waals surface area contributed by atoms with Crippen LogP contribution in [0.1, 0.15) is 30.1 Å². The van der Waals surface area contributed by atoms with E-state index in [1.54, 1.807) is 17.0 Å². The van der Waals surface area contributed by atoms with Gasteiger partial charge in [-0.25, -0.2) is 4.98 Å². The molecule has 1 aliphatic rings. The first kappa shape index (κ1) is 13.8. The molecule has 0 saturated carbocycles. The largest absolute Gasteiger partial charge is 0.353 e. The molecule has 0 aliphatic carbocycles. The van der Waals surface area contributed by atoms with Gasteiger partial charge in [-0.2, -0.15) is 0 Å². The van der Waals surface area contributed by atoms with Crippen molar-refractivity contribution in [2.45, 2.75) is 25.8 Å². The number of carbonyl (C=O) groups excluding carboxylic acids is 2. The van der Waals surface area contributed by atoms with Gasteiger partial charge in [0.15, 0.2) is 0 Å². The van der Waals surface area contributed by atoms with Gasteiger partial charge < -0.3 is 10.2 Å². The number of nitrogens with one attached hydrogen (secondary N) is 1. The minimum Gasteiger partial charge on any atom is -0.353 e. The SMILES string of the molecule is CC(=O)NC1CCN(C(=O)c2ccnc(Cl)c2)CC1. The number of carbonyl (C=O) groups is 2. The second-order valence-corrected chi connectivity index (χ2v) is 5.02. The quantitative estimate of drug-likeness (QED) is 0.835. The smallest absolute Gasteiger partial charge is 0.254 e. The molecule has 102 valence electrons. The fourth-order valence-electron chi connectivity index (χ4n) is 2.23. The molecular weight excluding hydrogens is 266 g/mol. The molecule has 19 heavy (non-hydrogen) atoms. The summed E-state index contributed by atoms with van der Waals surface area (Å²) in [6.07, 6.45) is 3.09. The monoisotopic (exact) mass is 281 g/mol. The van der Waals surface area contributed by atoms with Crippen molar-refractivity contribution >= 4 is 23.4 Å². The first-order valence-corrected chi connectivity index (χ1v) is 6.62. The molecule has 0 aromatic carbocycles. The Labute approximate surface area is 117 Å². The van der Waals surface area contributed by atoms with Crippen molar-refractivity contribution in [1.82, 2.24) is 15.2 Å². The Balaban J connectivity index is 1.94. The molecule has 1 fully saturated rings. The topological polar surface area (TPSA) is 62.3 Å². The molecule has 0 unspecified atom stereocenters. The third kappa shape index (κ3) is 3.67. The summed E-state index contributed by atoms with van der Waals surface area (Å²) in [5.74, 6) is -0.0590. The normalized spacial score (nSPS) is 16.2. The number of aromatic nitrogens is 1. The molecule has 1 N–H and O–H groups in total. The number of halogens is 1. The number of hydrogen-bond donors (Lipinski definition) is 1. The summed E-state index contributed by atoms with van der Waals surface area (Å²) in [5.41, 5.74) is 0.554. The minimum atomic E-state index is -0.0365. The molecule has 2 heterocycles. The van der Waals surface area contributed by atoms with Gasteiger partial charge >= 0.3 is 0 Å². The first-order chi connectivity index (χ1) is 9.06. The fourth-order valence-corrected chi connectivity index (χ4v) is 2.41. The number of rotatable bonds is 2. The van der Waals surface area contributed by atoms with E-state index < -0.39 is 0 Å². The lowest BCUT2D eigenvalue weighted by Gasteiger charge is -2.32. The van der Waals surface area contributed by atoms with E-state index in [0.29, 0.717) is 23.8 Å². The Kier molecular flexibility index (Phi) is 4.37. The number of nitrogens with zero attached hydrogens (tertiary/aromatic N) is 2. The summed E-state index contributed by atoms with van der Waals surface area (Å²) in [5, 5.41) is 3.20. The highest BCUT2D eigenvalue weighted by Crippen LogP contribution is 2.15. The third-order valence-corrected chi connectivity index (χ3v) is 3.37. The predicted octanol–water partition coefficient (Wildman–Crippen LogP) is 1.48. The van der Waals surface area contributed by atoms with E-state index in [1.807, 2.05) is 0 Å². The van der Waals surface area contributed by atoms with Gasteiger partial charge in [0.2, 0.25) is 5.91 Å². The fraction of sp³-hybridized carbons (Fsp3) is 0.462. The Morgan fingerprint density at radius 2 is 2.11 bits per heavy atom. The van der Waals surface area contributed by atoms with Crippen LogP contribution >= 0.6 is 11.6 Å². The van der Waals surface area contributed by atoms with Crippen LogP contribution < -0.4 is 5.32 Å². The van der Waals surface area contributed by atoms with Crippen molar-refractivity contribution in [3.05, 3.63) is 29.0 Å². The van der Waals surface area contributed by atoms with Crippen molar-refractivity contribution in [3.63, 3.8) is 0 Å². The molecule has 0 radical (unpaired) electrons. The average Bonchev–Trinajstić information content (AvgIpc) is 2.38. The maximum Gasteiger partial charge on any atom is 0.254 e. The molecule has 1 saturated heterocycles. The van der Waals surface area contributed by atoms with Crippen LogP contribution in [0.4, 0.5) is 0 Å². The van der Waals surface area contributed by atoms with Crippen molar-refractivity contribution in [1.29, 1.82) is 0 Å². The summed E-state index contributed by atoms with van der Waals surface area (Å²) in [4.78, 5) is 28.8. The van der Waals surface area contributed by atoms with E-state index in [4.69, 9.17) is 11.6 Å². The predicted molar refractivity (Wildman–Crippen MR) is 72.0 cm³/mol. The zero-order valence-corrected chi connectivity index (χ0v) is 11.5. The molecular formula is C13H16ClN3O2. The average molecular weight is 282 g/mol. The number of hydrogen-bond acceptors (Lipinski definition) is 3. The van der Waals surface area contributed by atoms with Crippen molar-refractivity contribution in [2.75, 3.05) is 13.1 Å². The second-order valence-electron chi connectivity index (χ2n) is 4.63. The summed E-state index contributed by atoms with van der Waals surface area (Å²) in [7, 11) is 0. The highest BCUT2D eigenvalue weighted by Gasteiger charge is 2.24. The maximum atomic E-state index is 12.2. The molecule has 1 aromatic heterocycles. The first-order valence-electron chi connectivity index (χ1n) is 6.24. The highest BCUT2D eigenvalue weighted by molar-refractivity contribution is 6.29. The number of piperidine rings is 1. The molecule has 0 bridgehead atoms. The Morgan fingerprint density at radius 1 is 1.42 bits per heavy atom. The highest BCUT2D eigenvalue weighted by atomic mass is 35.5. The van der Waals surface area contributed by atoms with Crippen LogP contribution in [-0.4, -0.2) is 40.8 Å². The van der Waals surface area contributed by atoms with Gasteiger partial charge in [0.1, 0.15) is 5.15 Å². The Bertz CT molecular complexity index is 485. The van der Waals surface area contributed by atoms with Gasteiger partial charge in [-0.1, -0.05) is 11.6 Å². The van der Waals surface area contributed by atoms with Gasteiger partial charge in [0.05, 0.1) is 0 Å². The zero-order chi connectivity index (χ0) is 13.8. The van der Waals surface area contributed by atoms with Crippen LogP contribution in [0.5, 0.6) is 0 Å². The van der Waals surface area contributed by atoms with E-state index in [-0.39, 0.29) is 17.9 Å². The summed E-state index contributed by atoms with van der Waals surface area (Å²) < 4.78 is 0. The van der Waals surface area contributed by atoms with Crippen LogP contribution in [0.25, 0.3) is 0 Å². The number of amides is 2. The van der Waals surface area contributed by atoms with Crippen molar-refractivity contribution in [2.24, 2.45) is 0 Å². The molecule has 0 spiro atoms. The molecule has 5 nitrogen and oxygen atoms in total. The third-order valence-electron chi connectivity index (χ3n) is 3.16. The Morgan fingerprint density at radius 3 is 2.68 bits per heavy atom. The molecule has 2 amide bonds. The second kappa shape index (κ2) is 6.02. The van der Waals surface area contributed by atoms with E-state index in [1.165, 1.54) is 13.1 Å². The molecule has 1 aromatic rings. The van der Waals surface area contributed by atoms with Crippen LogP contribution in [0.3, 0.4) is 0 Å². The summed E-state index contributed by atoms with van der Waals surface area (Å²) in [6, 6.07) is 3.40. The lowest BCUT2D eigenvalue weighted by atomic mass is 10.0. The summed E-state index contributed by atoms with van der Waals surface area (Å²) >= 11 is 5.78. The molecule has 2 rings (SSSR count). The van der Waals surface area contributed by atoms with Crippen LogP contribution in [0, 0.1) is 0 Å². The van der Waals surface area contributed by atoms with E-state index in [9.17, 15) is 9.59 Å². The van der Waals surface area contributed by atoms with Crippen molar-refractivity contribution in [3.8, 4) is 0 Å². The standard InChI is InChI=1S/C13H16ClN3O2/c1-9(18)16-11-3-6-17(7-4-11)13(19)10-2-5-15-12(14)8-10/h2,5,8,11H,3-4,6-7H2,1H3,(H,16,18). The van der Waals surface area contributed by atoms with E-state index in [2.05, 4.69) is 10.3 Å². The molecule has 6 heteroatoms. The summed E-state index contributed by atoms with van der Waals surface area (Å²) in [6.45, 7) is 2.80. The van der Waals surface area contributed by atoms with Gasteiger partial charge in [-0.15, -0.1) is 0 Å². The van der Waals surface area contributed by atoms with Gasteiger partial charge in [-0.05, 0) is 25.0 Å².